The zero-order valence-corrected chi connectivity index (χ0v) is 24.5. The molecule has 0 unspecified atom stereocenters. The summed E-state index contributed by atoms with van der Waals surface area (Å²) in [5.74, 6) is -1.16. The van der Waals surface area contributed by atoms with E-state index < -0.39 is 34.3 Å². The van der Waals surface area contributed by atoms with Crippen LogP contribution >= 0.6 is 0 Å². The zero-order chi connectivity index (χ0) is 29.4. The number of benzene rings is 3. The van der Waals surface area contributed by atoms with Crippen LogP contribution in [0.25, 0.3) is 0 Å². The van der Waals surface area contributed by atoms with Crippen LogP contribution in [0.4, 0.5) is 10.1 Å². The summed E-state index contributed by atoms with van der Waals surface area (Å²) in [5, 5.41) is 2.91. The highest BCUT2D eigenvalue weighted by Crippen LogP contribution is 2.25. The summed E-state index contributed by atoms with van der Waals surface area (Å²) in [4.78, 5) is 28.7. The van der Waals surface area contributed by atoms with E-state index in [9.17, 15) is 22.4 Å². The monoisotopic (exact) mass is 567 g/mol. The van der Waals surface area contributed by atoms with Crippen molar-refractivity contribution in [2.45, 2.75) is 58.5 Å². The van der Waals surface area contributed by atoms with Gasteiger partial charge >= 0.3 is 0 Å². The zero-order valence-electron chi connectivity index (χ0n) is 23.7. The van der Waals surface area contributed by atoms with E-state index in [2.05, 4.69) is 5.32 Å². The van der Waals surface area contributed by atoms with Crippen LogP contribution in [0, 0.1) is 25.6 Å². The molecule has 0 aliphatic rings. The molecule has 2 amide bonds. The second-order valence-electron chi connectivity index (χ2n) is 10.4. The molecule has 3 rings (SSSR count). The SMILES string of the molecule is CC[C@@H](C(=O)NCC(C)C)N(Cc1cccc(C)c1)C(=O)CN(c1ccc(F)cc1)S(=O)(=O)c1ccc(C)cc1. The second kappa shape index (κ2) is 13.6. The van der Waals surface area contributed by atoms with E-state index in [0.29, 0.717) is 13.0 Å². The van der Waals surface area contributed by atoms with Crippen LogP contribution in [0.15, 0.2) is 77.7 Å². The molecule has 0 radical (unpaired) electrons. The minimum absolute atomic E-state index is 0.00202. The van der Waals surface area contributed by atoms with Gasteiger partial charge in [0.25, 0.3) is 10.0 Å². The van der Waals surface area contributed by atoms with Gasteiger partial charge in [0.15, 0.2) is 0 Å². The van der Waals surface area contributed by atoms with E-state index in [1.165, 1.54) is 29.2 Å². The van der Waals surface area contributed by atoms with Gasteiger partial charge in [0.1, 0.15) is 18.4 Å². The third kappa shape index (κ3) is 7.91. The molecule has 1 atom stereocenters. The van der Waals surface area contributed by atoms with Crippen molar-refractivity contribution in [3.05, 3.63) is 95.3 Å². The van der Waals surface area contributed by atoms with E-state index in [4.69, 9.17) is 0 Å². The first-order valence-corrected chi connectivity index (χ1v) is 14.8. The molecule has 0 heterocycles. The van der Waals surface area contributed by atoms with Gasteiger partial charge in [-0.2, -0.15) is 0 Å². The molecule has 1 N–H and O–H groups in total. The molecule has 0 saturated carbocycles. The maximum absolute atomic E-state index is 14.0. The number of sulfonamides is 1. The molecule has 214 valence electrons. The van der Waals surface area contributed by atoms with Crippen molar-refractivity contribution in [3.63, 3.8) is 0 Å². The Balaban J connectivity index is 2.04. The Morgan fingerprint density at radius 2 is 1.57 bits per heavy atom. The normalized spacial score (nSPS) is 12.2. The summed E-state index contributed by atoms with van der Waals surface area (Å²) >= 11 is 0. The quantitative estimate of drug-likeness (QED) is 0.325. The number of nitrogens with one attached hydrogen (secondary N) is 1. The summed E-state index contributed by atoms with van der Waals surface area (Å²) in [5.41, 5.74) is 2.84. The summed E-state index contributed by atoms with van der Waals surface area (Å²) in [6, 6.07) is 18.0. The predicted octanol–water partition coefficient (Wildman–Crippen LogP) is 5.22. The number of carbonyl (C=O) groups is 2. The molecule has 0 fully saturated rings. The molecular formula is C31H38FN3O4S. The van der Waals surface area contributed by atoms with Gasteiger partial charge < -0.3 is 10.2 Å². The highest BCUT2D eigenvalue weighted by Gasteiger charge is 2.33. The van der Waals surface area contributed by atoms with Crippen LogP contribution in [-0.2, 0) is 26.2 Å². The molecule has 9 heteroatoms. The molecule has 3 aromatic rings. The number of hydrogen-bond acceptors (Lipinski definition) is 4. The second-order valence-corrected chi connectivity index (χ2v) is 12.2. The largest absolute Gasteiger partial charge is 0.354 e. The first-order chi connectivity index (χ1) is 18.9. The van der Waals surface area contributed by atoms with Gasteiger partial charge in [-0.25, -0.2) is 12.8 Å². The lowest BCUT2D eigenvalue weighted by atomic mass is 10.1. The Morgan fingerprint density at radius 1 is 0.925 bits per heavy atom. The van der Waals surface area contributed by atoms with Gasteiger partial charge in [-0.05, 0) is 68.1 Å². The number of halogens is 1. The Morgan fingerprint density at radius 3 is 2.15 bits per heavy atom. The molecule has 3 aromatic carbocycles. The molecule has 0 bridgehead atoms. The van der Waals surface area contributed by atoms with E-state index >= 15 is 0 Å². The average molecular weight is 568 g/mol. The lowest BCUT2D eigenvalue weighted by molar-refractivity contribution is -0.140. The smallest absolute Gasteiger partial charge is 0.264 e. The van der Waals surface area contributed by atoms with Gasteiger partial charge in [0.2, 0.25) is 11.8 Å². The van der Waals surface area contributed by atoms with Crippen molar-refractivity contribution in [2.24, 2.45) is 5.92 Å². The number of nitrogens with zero attached hydrogens (tertiary/aromatic N) is 2. The highest BCUT2D eigenvalue weighted by molar-refractivity contribution is 7.92. The molecule has 0 aliphatic carbocycles. The fourth-order valence-electron chi connectivity index (χ4n) is 4.32. The van der Waals surface area contributed by atoms with E-state index in [0.717, 1.165) is 33.1 Å². The predicted molar refractivity (Wildman–Crippen MR) is 156 cm³/mol. The molecule has 0 aromatic heterocycles. The number of anilines is 1. The van der Waals surface area contributed by atoms with Crippen LogP contribution < -0.4 is 9.62 Å². The topological polar surface area (TPSA) is 86.8 Å². The van der Waals surface area contributed by atoms with Crippen molar-refractivity contribution >= 4 is 27.5 Å². The van der Waals surface area contributed by atoms with E-state index in [-0.39, 0.29) is 29.0 Å². The molecule has 0 spiro atoms. The van der Waals surface area contributed by atoms with Gasteiger partial charge in [-0.3, -0.25) is 13.9 Å². The van der Waals surface area contributed by atoms with Crippen molar-refractivity contribution in [1.82, 2.24) is 10.2 Å². The van der Waals surface area contributed by atoms with Gasteiger partial charge in [0, 0.05) is 13.1 Å². The van der Waals surface area contributed by atoms with Gasteiger partial charge in [-0.1, -0.05) is 68.3 Å². The molecule has 0 saturated heterocycles. The maximum Gasteiger partial charge on any atom is 0.264 e. The summed E-state index contributed by atoms with van der Waals surface area (Å²) in [7, 11) is -4.20. The van der Waals surface area contributed by atoms with Crippen molar-refractivity contribution in [1.29, 1.82) is 0 Å². The van der Waals surface area contributed by atoms with Crippen LogP contribution in [0.3, 0.4) is 0 Å². The number of hydrogen-bond donors (Lipinski definition) is 1. The summed E-state index contributed by atoms with van der Waals surface area (Å²) < 4.78 is 42.4. The number of aryl methyl sites for hydroxylation is 2. The van der Waals surface area contributed by atoms with Crippen molar-refractivity contribution in [3.8, 4) is 0 Å². The van der Waals surface area contributed by atoms with Crippen LogP contribution in [0.1, 0.15) is 43.9 Å². The number of amides is 2. The third-order valence-electron chi connectivity index (χ3n) is 6.51. The third-order valence-corrected chi connectivity index (χ3v) is 8.30. The Labute approximate surface area is 237 Å². The fourth-order valence-corrected chi connectivity index (χ4v) is 5.74. The standard InChI is InChI=1S/C31H38FN3O4S/c1-6-29(31(37)33-19-22(2)3)34(20-25-9-7-8-24(5)18-25)30(36)21-35(27-14-12-26(32)13-15-27)40(38,39)28-16-10-23(4)11-17-28/h7-18,22,29H,6,19-21H2,1-5H3,(H,33,37)/t29-/m0/s1. The Bertz CT molecular complexity index is 1410. The lowest BCUT2D eigenvalue weighted by Gasteiger charge is -2.33. The number of rotatable bonds is 12. The van der Waals surface area contributed by atoms with Gasteiger partial charge in [0.05, 0.1) is 10.6 Å². The van der Waals surface area contributed by atoms with Crippen LogP contribution in [0.2, 0.25) is 0 Å². The number of carbonyl (C=O) groups excluding carboxylic acids is 2. The van der Waals surface area contributed by atoms with Crippen molar-refractivity contribution < 1.29 is 22.4 Å². The van der Waals surface area contributed by atoms with E-state index in [1.54, 1.807) is 12.1 Å². The molecule has 7 nitrogen and oxygen atoms in total. The highest BCUT2D eigenvalue weighted by atomic mass is 32.2. The Kier molecular flexibility index (Phi) is 10.5. The maximum atomic E-state index is 14.0. The first kappa shape index (κ1) is 30.8. The lowest BCUT2D eigenvalue weighted by Crippen LogP contribution is -2.52. The summed E-state index contributed by atoms with van der Waals surface area (Å²) in [6.45, 7) is 9.56. The minimum atomic E-state index is -4.20. The molecule has 0 aliphatic heterocycles. The molecular weight excluding hydrogens is 529 g/mol. The van der Waals surface area contributed by atoms with Crippen LogP contribution in [0.5, 0.6) is 0 Å². The average Bonchev–Trinajstić information content (AvgIpc) is 2.91. The summed E-state index contributed by atoms with van der Waals surface area (Å²) in [6.07, 6.45) is 0.336. The molecule has 40 heavy (non-hydrogen) atoms. The first-order valence-electron chi connectivity index (χ1n) is 13.4. The Hall–Kier alpha value is -3.72. The fraction of sp³-hybridized carbons (Fsp3) is 0.355. The van der Waals surface area contributed by atoms with Gasteiger partial charge in [-0.15, -0.1) is 0 Å². The van der Waals surface area contributed by atoms with Crippen molar-refractivity contribution in [2.75, 3.05) is 17.4 Å². The minimum Gasteiger partial charge on any atom is -0.354 e. The van der Waals surface area contributed by atoms with Crippen LogP contribution in [-0.4, -0.2) is 44.3 Å². The van der Waals surface area contributed by atoms with E-state index in [1.807, 2.05) is 58.9 Å².